The number of fused-ring (bicyclic) bond motifs is 1. The first-order chi connectivity index (χ1) is 8.24. The summed E-state index contributed by atoms with van der Waals surface area (Å²) in [6.07, 6.45) is 3.27. The van der Waals surface area contributed by atoms with Crippen molar-refractivity contribution in [2.75, 3.05) is 0 Å². The van der Waals surface area contributed by atoms with E-state index >= 15 is 0 Å². The Morgan fingerprint density at radius 2 is 2.12 bits per heavy atom. The average molecular weight is 252 g/mol. The fourth-order valence-electron chi connectivity index (χ4n) is 2.28. The molecule has 1 aliphatic carbocycles. The van der Waals surface area contributed by atoms with Crippen molar-refractivity contribution in [2.24, 2.45) is 0 Å². The van der Waals surface area contributed by atoms with Gasteiger partial charge in [0.1, 0.15) is 0 Å². The number of ketones is 1. The van der Waals surface area contributed by atoms with Crippen LogP contribution in [-0.4, -0.2) is 5.78 Å². The van der Waals surface area contributed by atoms with Crippen molar-refractivity contribution in [2.45, 2.75) is 46.1 Å². The lowest BCUT2D eigenvalue weighted by Gasteiger charge is -2.25. The zero-order valence-electron chi connectivity index (χ0n) is 10.8. The molecule has 0 amide bonds. The van der Waals surface area contributed by atoms with E-state index in [4.69, 9.17) is 4.52 Å². The van der Waals surface area contributed by atoms with Crippen LogP contribution in [0.1, 0.15) is 61.2 Å². The van der Waals surface area contributed by atoms with Gasteiger partial charge in [0.25, 0.3) is 0 Å². The Balaban J connectivity index is 0.000000686. The molecule has 2 unspecified atom stereocenters. The average Bonchev–Trinajstić information content (AvgIpc) is 2.39. The lowest BCUT2D eigenvalue weighted by atomic mass is 9.85. The van der Waals surface area contributed by atoms with Crippen molar-refractivity contribution >= 4 is 15.2 Å². The van der Waals surface area contributed by atoms with Crippen LogP contribution >= 0.6 is 9.47 Å². The first-order valence-electron chi connectivity index (χ1n) is 6.22. The summed E-state index contributed by atoms with van der Waals surface area (Å²) in [6.45, 7) is 5.63. The summed E-state index contributed by atoms with van der Waals surface area (Å²) in [6, 6.07) is 5.92. The van der Waals surface area contributed by atoms with Crippen LogP contribution in [0.5, 0.6) is 0 Å². The van der Waals surface area contributed by atoms with Crippen molar-refractivity contribution in [3.63, 3.8) is 0 Å². The van der Waals surface area contributed by atoms with Gasteiger partial charge >= 0.3 is 0 Å². The fraction of sp³-hybridized carbons (Fsp3) is 0.500. The molecule has 0 radical (unpaired) electrons. The lowest BCUT2D eigenvalue weighted by Crippen LogP contribution is -2.13. The normalized spacial score (nSPS) is 17.8. The summed E-state index contributed by atoms with van der Waals surface area (Å²) in [5, 5.41) is 0. The number of benzene rings is 1. The van der Waals surface area contributed by atoms with E-state index in [0.717, 1.165) is 24.8 Å². The van der Waals surface area contributed by atoms with Crippen molar-refractivity contribution in [1.29, 1.82) is 0 Å². The highest BCUT2D eigenvalue weighted by molar-refractivity contribution is 7.09. The van der Waals surface area contributed by atoms with Crippen LogP contribution in [0, 0.1) is 0 Å². The van der Waals surface area contributed by atoms with Gasteiger partial charge in [-0.1, -0.05) is 32.0 Å². The second kappa shape index (κ2) is 6.88. The molecule has 17 heavy (non-hydrogen) atoms. The van der Waals surface area contributed by atoms with E-state index in [0.29, 0.717) is 0 Å². The van der Waals surface area contributed by atoms with Crippen LogP contribution < -0.4 is 0 Å². The van der Waals surface area contributed by atoms with Gasteiger partial charge in [0, 0.05) is 15.0 Å². The highest BCUT2D eigenvalue weighted by Gasteiger charge is 2.22. The molecule has 0 fully saturated rings. The molecule has 3 heteroatoms. The van der Waals surface area contributed by atoms with Gasteiger partial charge < -0.3 is 4.52 Å². The van der Waals surface area contributed by atoms with Gasteiger partial charge in [-0.2, -0.15) is 0 Å². The Morgan fingerprint density at radius 1 is 1.41 bits per heavy atom. The summed E-state index contributed by atoms with van der Waals surface area (Å²) in [5.74, 6) is 0.149. The molecule has 2 nitrogen and oxygen atoms in total. The van der Waals surface area contributed by atoms with Gasteiger partial charge in [-0.3, -0.25) is 4.79 Å². The highest BCUT2D eigenvalue weighted by atomic mass is 31.0. The molecule has 0 aromatic heterocycles. The van der Waals surface area contributed by atoms with Gasteiger partial charge in [0.15, 0.2) is 5.78 Å². The minimum Gasteiger partial charge on any atom is -0.358 e. The molecule has 1 aromatic carbocycles. The Hall–Kier alpha value is -0.720. The molecule has 94 valence electrons. The molecule has 1 aliphatic rings. The Labute approximate surface area is 106 Å². The van der Waals surface area contributed by atoms with Gasteiger partial charge in [-0.05, 0) is 37.3 Å². The number of Topliss-reactive ketones (excluding diaryl/α,β-unsaturated/α-hetero) is 1. The third-order valence-corrected chi connectivity index (χ3v) is 3.32. The van der Waals surface area contributed by atoms with Gasteiger partial charge in [0.05, 0.1) is 6.10 Å². The number of hydrogen-bond acceptors (Lipinski definition) is 2. The van der Waals surface area contributed by atoms with Crippen molar-refractivity contribution in [3.05, 3.63) is 34.9 Å². The summed E-state index contributed by atoms with van der Waals surface area (Å²) in [5.41, 5.74) is 3.23. The van der Waals surface area contributed by atoms with E-state index in [1.165, 1.54) is 11.1 Å². The van der Waals surface area contributed by atoms with E-state index in [1.54, 1.807) is 6.92 Å². The second-order valence-corrected chi connectivity index (χ2v) is 4.22. The molecule has 2 rings (SSSR count). The summed E-state index contributed by atoms with van der Waals surface area (Å²) in [4.78, 5) is 11.5. The van der Waals surface area contributed by atoms with Crippen molar-refractivity contribution < 1.29 is 9.32 Å². The molecule has 0 heterocycles. The smallest absolute Gasteiger partial charge is 0.160 e. The zero-order valence-corrected chi connectivity index (χ0v) is 12.0. The minimum absolute atomic E-state index is 0.137. The van der Waals surface area contributed by atoms with Crippen LogP contribution in [0.25, 0.3) is 0 Å². The maximum atomic E-state index is 11.5. The van der Waals surface area contributed by atoms with Crippen LogP contribution in [0.2, 0.25) is 0 Å². The summed E-state index contributed by atoms with van der Waals surface area (Å²) < 4.78 is 5.36. The largest absolute Gasteiger partial charge is 0.358 e. The van der Waals surface area contributed by atoms with Gasteiger partial charge in [-0.15, -0.1) is 0 Å². The van der Waals surface area contributed by atoms with Crippen molar-refractivity contribution in [1.82, 2.24) is 0 Å². The molecule has 0 spiro atoms. The molecule has 2 atom stereocenters. The zero-order chi connectivity index (χ0) is 12.8. The highest BCUT2D eigenvalue weighted by Crippen LogP contribution is 2.35. The summed E-state index contributed by atoms with van der Waals surface area (Å²) >= 11 is 0. The third kappa shape index (κ3) is 3.14. The van der Waals surface area contributed by atoms with E-state index in [9.17, 15) is 4.79 Å². The maximum absolute atomic E-state index is 11.5. The molecule has 0 bridgehead atoms. The standard InChI is InChI=1S/C12H15O2P.C2H6/c1-8(13)9-4-2-6-11-10(9)5-3-7-12(11)14-15;1-2/h2,4,6,12H,3,5,7,15H2,1H3;1-2H3. The lowest BCUT2D eigenvalue weighted by molar-refractivity contribution is 0.101. The van der Waals surface area contributed by atoms with Gasteiger partial charge in [-0.25, -0.2) is 0 Å². The second-order valence-electron chi connectivity index (χ2n) is 3.95. The number of hydrogen-bond donors (Lipinski definition) is 0. The molecule has 0 saturated heterocycles. The van der Waals surface area contributed by atoms with Crippen LogP contribution in [0.15, 0.2) is 18.2 Å². The molecule has 1 aromatic rings. The molecule has 0 aliphatic heterocycles. The van der Waals surface area contributed by atoms with Crippen LogP contribution in [0.4, 0.5) is 0 Å². The van der Waals surface area contributed by atoms with E-state index in [1.807, 2.05) is 26.0 Å². The van der Waals surface area contributed by atoms with Crippen LogP contribution in [-0.2, 0) is 10.9 Å². The Kier molecular flexibility index (Phi) is 5.80. The summed E-state index contributed by atoms with van der Waals surface area (Å²) in [7, 11) is 2.32. The monoisotopic (exact) mass is 252 g/mol. The maximum Gasteiger partial charge on any atom is 0.160 e. The number of rotatable bonds is 2. The quantitative estimate of drug-likeness (QED) is 0.585. The van der Waals surface area contributed by atoms with Crippen molar-refractivity contribution in [3.8, 4) is 0 Å². The van der Waals surface area contributed by atoms with Gasteiger partial charge in [0.2, 0.25) is 0 Å². The number of carbonyl (C=O) groups excluding carboxylic acids is 1. The first kappa shape index (κ1) is 14.3. The third-order valence-electron chi connectivity index (χ3n) is 3.00. The number of carbonyl (C=O) groups is 1. The van der Waals surface area contributed by atoms with E-state index in [-0.39, 0.29) is 11.9 Å². The first-order valence-corrected chi connectivity index (χ1v) is 6.69. The Morgan fingerprint density at radius 3 is 2.71 bits per heavy atom. The molecule has 0 saturated carbocycles. The van der Waals surface area contributed by atoms with E-state index in [2.05, 4.69) is 15.5 Å². The molecular weight excluding hydrogens is 231 g/mol. The minimum atomic E-state index is 0.137. The predicted molar refractivity (Wildman–Crippen MR) is 74.3 cm³/mol. The Bertz CT molecular complexity index is 388. The predicted octanol–water partition coefficient (Wildman–Crippen LogP) is 4.10. The fourth-order valence-corrected chi connectivity index (χ4v) is 2.56. The molecule has 0 N–H and O–H groups in total. The molecular formula is C14H21O2P. The van der Waals surface area contributed by atoms with Crippen LogP contribution in [0.3, 0.4) is 0 Å². The topological polar surface area (TPSA) is 26.3 Å². The SMILES string of the molecule is CC.CC(=O)c1cccc2c1CCCC2OP. The van der Waals surface area contributed by atoms with E-state index < -0.39 is 0 Å².